The van der Waals surface area contributed by atoms with Crippen molar-refractivity contribution in [3.8, 4) is 0 Å². The molecule has 2 aromatic rings. The Bertz CT molecular complexity index is 602. The monoisotopic (exact) mass is 448 g/mol. The Morgan fingerprint density at radius 1 is 1.35 bits per heavy atom. The van der Waals surface area contributed by atoms with Crippen LogP contribution in [0.1, 0.15) is 37.3 Å². The number of oxazole rings is 1. The van der Waals surface area contributed by atoms with E-state index in [1.54, 1.807) is 24.6 Å². The van der Waals surface area contributed by atoms with Crippen LogP contribution < -0.4 is 10.6 Å². The van der Waals surface area contributed by atoms with E-state index in [1.165, 1.54) is 4.88 Å². The second-order valence-corrected chi connectivity index (χ2v) is 7.08. The standard InChI is InChI=1S/C16H24N4OS.HI/c1-16(2,3)13-10-19-14(21-13)11-20-15(17-4)18-8-7-12-6-5-9-22-12;/h5-6,9-10H,7-8,11H2,1-4H3,(H2,17,18,20);1H. The minimum atomic E-state index is -0.0219. The topological polar surface area (TPSA) is 62.5 Å². The third-order valence-corrected chi connectivity index (χ3v) is 4.10. The highest BCUT2D eigenvalue weighted by Gasteiger charge is 2.19. The van der Waals surface area contributed by atoms with Crippen LogP contribution in [0.2, 0.25) is 0 Å². The lowest BCUT2D eigenvalue weighted by atomic mass is 9.94. The van der Waals surface area contributed by atoms with Gasteiger partial charge in [-0.15, -0.1) is 35.3 Å². The highest BCUT2D eigenvalue weighted by Crippen LogP contribution is 2.22. The van der Waals surface area contributed by atoms with E-state index in [2.05, 4.69) is 58.9 Å². The molecule has 0 saturated carbocycles. The molecule has 23 heavy (non-hydrogen) atoms. The van der Waals surface area contributed by atoms with Gasteiger partial charge in [0.15, 0.2) is 5.96 Å². The molecular formula is C16H25IN4OS. The van der Waals surface area contributed by atoms with Gasteiger partial charge in [0.05, 0.1) is 12.7 Å². The van der Waals surface area contributed by atoms with Crippen LogP contribution in [0.5, 0.6) is 0 Å². The van der Waals surface area contributed by atoms with Crippen LogP contribution in [0.25, 0.3) is 0 Å². The zero-order valence-electron chi connectivity index (χ0n) is 14.0. The summed E-state index contributed by atoms with van der Waals surface area (Å²) in [7, 11) is 1.76. The normalized spacial score (nSPS) is 11.9. The number of thiophene rings is 1. The van der Waals surface area contributed by atoms with Gasteiger partial charge in [0, 0.05) is 23.9 Å². The number of nitrogens with one attached hydrogen (secondary N) is 2. The van der Waals surface area contributed by atoms with Crippen molar-refractivity contribution in [2.45, 2.75) is 39.2 Å². The minimum absolute atomic E-state index is 0. The van der Waals surface area contributed by atoms with Crippen molar-refractivity contribution in [2.24, 2.45) is 4.99 Å². The molecule has 7 heteroatoms. The molecule has 2 aromatic heterocycles. The molecule has 5 nitrogen and oxygen atoms in total. The molecule has 0 fully saturated rings. The number of aliphatic imine (C=N–C) groups is 1. The molecule has 2 N–H and O–H groups in total. The van der Waals surface area contributed by atoms with Gasteiger partial charge in [0.25, 0.3) is 0 Å². The molecule has 0 spiro atoms. The van der Waals surface area contributed by atoms with Crippen molar-refractivity contribution in [1.29, 1.82) is 0 Å². The second kappa shape index (κ2) is 9.27. The van der Waals surface area contributed by atoms with Gasteiger partial charge in [-0.05, 0) is 17.9 Å². The molecule has 0 aliphatic carbocycles. The summed E-state index contributed by atoms with van der Waals surface area (Å²) in [6, 6.07) is 4.21. The van der Waals surface area contributed by atoms with E-state index >= 15 is 0 Å². The van der Waals surface area contributed by atoms with E-state index in [0.717, 1.165) is 24.7 Å². The third kappa shape index (κ3) is 6.50. The number of rotatable bonds is 5. The van der Waals surface area contributed by atoms with Crippen LogP contribution in [0.15, 0.2) is 33.1 Å². The first-order valence-corrected chi connectivity index (χ1v) is 8.29. The molecule has 0 radical (unpaired) electrons. The third-order valence-electron chi connectivity index (χ3n) is 3.17. The second-order valence-electron chi connectivity index (χ2n) is 6.05. The number of hydrogen-bond donors (Lipinski definition) is 2. The number of hydrogen-bond acceptors (Lipinski definition) is 4. The van der Waals surface area contributed by atoms with E-state index in [0.29, 0.717) is 12.4 Å². The zero-order valence-corrected chi connectivity index (χ0v) is 17.2. The van der Waals surface area contributed by atoms with E-state index in [-0.39, 0.29) is 29.4 Å². The Hall–Kier alpha value is -1.09. The molecule has 0 aliphatic rings. The molecule has 0 bridgehead atoms. The van der Waals surface area contributed by atoms with Crippen LogP contribution in [-0.4, -0.2) is 24.5 Å². The SMILES string of the molecule is CN=C(NCCc1cccs1)NCc1ncc(C(C)(C)C)o1.I. The Morgan fingerprint density at radius 2 is 2.13 bits per heavy atom. The Labute approximate surface area is 159 Å². The van der Waals surface area contributed by atoms with Gasteiger partial charge in [-0.2, -0.15) is 0 Å². The van der Waals surface area contributed by atoms with Crippen molar-refractivity contribution in [3.63, 3.8) is 0 Å². The molecule has 0 aromatic carbocycles. The molecule has 0 atom stereocenters. The molecule has 128 valence electrons. The fraction of sp³-hybridized carbons (Fsp3) is 0.500. The first-order valence-electron chi connectivity index (χ1n) is 7.41. The van der Waals surface area contributed by atoms with Crippen molar-refractivity contribution in [3.05, 3.63) is 40.2 Å². The Kier molecular flexibility index (Phi) is 8.04. The molecule has 2 heterocycles. The largest absolute Gasteiger partial charge is 0.443 e. The average molecular weight is 448 g/mol. The summed E-state index contributed by atoms with van der Waals surface area (Å²) in [5.41, 5.74) is -0.0219. The van der Waals surface area contributed by atoms with Gasteiger partial charge in [-0.25, -0.2) is 4.98 Å². The summed E-state index contributed by atoms with van der Waals surface area (Å²) < 4.78 is 5.75. The predicted octanol–water partition coefficient (Wildman–Crippen LogP) is 3.56. The first-order chi connectivity index (χ1) is 10.5. The van der Waals surface area contributed by atoms with Crippen LogP contribution in [0.4, 0.5) is 0 Å². The fourth-order valence-electron chi connectivity index (χ4n) is 1.88. The highest BCUT2D eigenvalue weighted by atomic mass is 127. The summed E-state index contributed by atoms with van der Waals surface area (Å²) >= 11 is 1.77. The van der Waals surface area contributed by atoms with Crippen LogP contribution in [0, 0.1) is 0 Å². The maximum absolute atomic E-state index is 5.75. The summed E-state index contributed by atoms with van der Waals surface area (Å²) in [4.78, 5) is 9.87. The van der Waals surface area contributed by atoms with Gasteiger partial charge in [0.1, 0.15) is 5.76 Å². The highest BCUT2D eigenvalue weighted by molar-refractivity contribution is 14.0. The van der Waals surface area contributed by atoms with Crippen molar-refractivity contribution >= 4 is 41.3 Å². The average Bonchev–Trinajstić information content (AvgIpc) is 3.13. The molecule has 2 rings (SSSR count). The lowest BCUT2D eigenvalue weighted by molar-refractivity contribution is 0.379. The number of aromatic nitrogens is 1. The fourth-order valence-corrected chi connectivity index (χ4v) is 2.59. The summed E-state index contributed by atoms with van der Waals surface area (Å²) in [5.74, 6) is 2.32. The molecule has 0 amide bonds. The van der Waals surface area contributed by atoms with E-state index in [1.807, 2.05) is 0 Å². The minimum Gasteiger partial charge on any atom is -0.443 e. The molecular weight excluding hydrogens is 423 g/mol. The van der Waals surface area contributed by atoms with E-state index < -0.39 is 0 Å². The molecule has 0 saturated heterocycles. The Balaban J connectivity index is 0.00000264. The first kappa shape index (κ1) is 20.0. The van der Waals surface area contributed by atoms with Gasteiger partial charge in [0.2, 0.25) is 5.89 Å². The van der Waals surface area contributed by atoms with Crippen molar-refractivity contribution in [2.75, 3.05) is 13.6 Å². The summed E-state index contributed by atoms with van der Waals surface area (Å²) in [5, 5.41) is 8.60. The lowest BCUT2D eigenvalue weighted by Crippen LogP contribution is -2.37. The van der Waals surface area contributed by atoms with Gasteiger partial charge in [-0.3, -0.25) is 4.99 Å². The van der Waals surface area contributed by atoms with Crippen LogP contribution in [-0.2, 0) is 18.4 Å². The number of nitrogens with zero attached hydrogens (tertiary/aromatic N) is 2. The molecule has 0 aliphatic heterocycles. The van der Waals surface area contributed by atoms with E-state index in [4.69, 9.17) is 4.42 Å². The van der Waals surface area contributed by atoms with Crippen LogP contribution in [0.3, 0.4) is 0 Å². The van der Waals surface area contributed by atoms with E-state index in [9.17, 15) is 0 Å². The molecule has 0 unspecified atom stereocenters. The van der Waals surface area contributed by atoms with Gasteiger partial charge >= 0.3 is 0 Å². The zero-order chi connectivity index (χ0) is 16.0. The van der Waals surface area contributed by atoms with Gasteiger partial charge in [-0.1, -0.05) is 26.8 Å². The maximum Gasteiger partial charge on any atom is 0.213 e. The lowest BCUT2D eigenvalue weighted by Gasteiger charge is -2.13. The summed E-state index contributed by atoms with van der Waals surface area (Å²) in [6.45, 7) is 7.69. The Morgan fingerprint density at radius 3 is 2.70 bits per heavy atom. The summed E-state index contributed by atoms with van der Waals surface area (Å²) in [6.07, 6.45) is 2.79. The van der Waals surface area contributed by atoms with Crippen molar-refractivity contribution in [1.82, 2.24) is 15.6 Å². The van der Waals surface area contributed by atoms with Gasteiger partial charge < -0.3 is 15.1 Å². The van der Waals surface area contributed by atoms with Crippen molar-refractivity contribution < 1.29 is 4.42 Å². The number of halogens is 1. The number of guanidine groups is 1. The smallest absolute Gasteiger partial charge is 0.213 e. The predicted molar refractivity (Wildman–Crippen MR) is 107 cm³/mol. The quantitative estimate of drug-likeness (QED) is 0.417. The van der Waals surface area contributed by atoms with Crippen LogP contribution >= 0.6 is 35.3 Å². The maximum atomic E-state index is 5.75.